The van der Waals surface area contributed by atoms with E-state index in [9.17, 15) is 0 Å². The number of ether oxygens (including phenoxy) is 6. The predicted molar refractivity (Wildman–Crippen MR) is 129 cm³/mol. The van der Waals surface area contributed by atoms with Gasteiger partial charge in [-0.1, -0.05) is 39.3 Å². The fourth-order valence-corrected chi connectivity index (χ4v) is 8.60. The highest BCUT2D eigenvalue weighted by Gasteiger charge is 2.47. The number of methoxy groups -OCH3 is 1. The molecule has 2 aromatic rings. The molecule has 0 bridgehead atoms. The lowest BCUT2D eigenvalue weighted by molar-refractivity contribution is 0.0514. The number of rotatable bonds is 5. The highest BCUT2D eigenvalue weighted by Crippen LogP contribution is 2.54. The summed E-state index contributed by atoms with van der Waals surface area (Å²) in [5.74, 6) is 4.59. The third-order valence-corrected chi connectivity index (χ3v) is 10.3. The molecule has 172 valence electrons. The summed E-state index contributed by atoms with van der Waals surface area (Å²) in [6, 6.07) is 6.26. The van der Waals surface area contributed by atoms with Crippen LogP contribution < -0.4 is 34.1 Å². The molecule has 0 amide bonds. The van der Waals surface area contributed by atoms with Gasteiger partial charge in [-0.25, -0.2) is 0 Å². The van der Waals surface area contributed by atoms with Crippen molar-refractivity contribution in [3.63, 3.8) is 0 Å². The van der Waals surface area contributed by atoms with Gasteiger partial charge in [0.2, 0.25) is 6.79 Å². The van der Waals surface area contributed by atoms with Crippen LogP contribution in [-0.4, -0.2) is 43.5 Å². The van der Waals surface area contributed by atoms with Gasteiger partial charge in [0.1, 0.15) is 23.4 Å². The molecule has 6 nitrogen and oxygen atoms in total. The Labute approximate surface area is 191 Å². The number of fused-ring (bicyclic) bond motifs is 6. The second-order valence-corrected chi connectivity index (χ2v) is 20.8. The first kappa shape index (κ1) is 21.7. The minimum absolute atomic E-state index is 0.0852. The van der Waals surface area contributed by atoms with Crippen molar-refractivity contribution < 1.29 is 28.4 Å². The molecule has 0 aromatic heterocycles. The smallest absolute Gasteiger partial charge is 0.231 e. The summed E-state index contributed by atoms with van der Waals surface area (Å²) in [6.45, 7) is 15.0. The Bertz CT molecular complexity index is 1070. The molecule has 0 aliphatic carbocycles. The van der Waals surface area contributed by atoms with Crippen molar-refractivity contribution in [1.29, 1.82) is 0 Å². The van der Waals surface area contributed by atoms with Crippen LogP contribution in [0.4, 0.5) is 0 Å². The van der Waals surface area contributed by atoms with Gasteiger partial charge in [-0.05, 0) is 18.2 Å². The Balaban J connectivity index is 1.63. The largest absolute Gasteiger partial charge is 0.492 e. The number of hydrogen-bond acceptors (Lipinski definition) is 6. The van der Waals surface area contributed by atoms with Crippen LogP contribution in [0, 0.1) is 0 Å². The second-order valence-electron chi connectivity index (χ2n) is 10.8. The average molecular weight is 473 g/mol. The van der Waals surface area contributed by atoms with E-state index in [0.717, 1.165) is 34.3 Å². The summed E-state index contributed by atoms with van der Waals surface area (Å²) in [7, 11) is -1.91. The first-order chi connectivity index (χ1) is 15.1. The number of hydrogen-bond donors (Lipinski definition) is 0. The van der Waals surface area contributed by atoms with Crippen molar-refractivity contribution >= 4 is 26.5 Å². The summed E-state index contributed by atoms with van der Waals surface area (Å²) in [6.07, 6.45) is -0.0852. The summed E-state index contributed by atoms with van der Waals surface area (Å²) in [5, 5.41) is 2.40. The topological polar surface area (TPSA) is 55.4 Å². The zero-order valence-electron chi connectivity index (χ0n) is 20.0. The molecule has 2 aromatic carbocycles. The number of benzene rings is 2. The minimum atomic E-state index is -1.78. The third-order valence-electron chi connectivity index (χ3n) is 6.35. The van der Waals surface area contributed by atoms with Gasteiger partial charge in [-0.15, -0.1) is 0 Å². The van der Waals surface area contributed by atoms with Gasteiger partial charge >= 0.3 is 0 Å². The van der Waals surface area contributed by atoms with E-state index in [2.05, 4.69) is 57.5 Å². The Morgan fingerprint density at radius 1 is 0.875 bits per heavy atom. The molecular formula is C24H32O6Si2. The molecule has 0 unspecified atom stereocenters. The molecule has 2 atom stereocenters. The lowest BCUT2D eigenvalue weighted by Crippen LogP contribution is -2.42. The lowest BCUT2D eigenvalue weighted by Gasteiger charge is -2.33. The molecule has 3 heterocycles. The van der Waals surface area contributed by atoms with E-state index < -0.39 is 16.1 Å². The van der Waals surface area contributed by atoms with E-state index in [1.165, 1.54) is 15.9 Å². The van der Waals surface area contributed by atoms with Crippen LogP contribution in [-0.2, 0) is 4.74 Å². The van der Waals surface area contributed by atoms with E-state index in [1.54, 1.807) is 7.11 Å². The molecule has 3 aliphatic rings. The molecule has 8 heteroatoms. The summed E-state index contributed by atoms with van der Waals surface area (Å²) in [5.41, 5.74) is 2.28. The highest BCUT2D eigenvalue weighted by atomic mass is 28.3. The van der Waals surface area contributed by atoms with E-state index >= 15 is 0 Å². The predicted octanol–water partition coefficient (Wildman–Crippen LogP) is 4.10. The molecule has 0 fully saturated rings. The summed E-state index contributed by atoms with van der Waals surface area (Å²) < 4.78 is 36.1. The molecule has 5 rings (SSSR count). The Morgan fingerprint density at radius 3 is 2.31 bits per heavy atom. The van der Waals surface area contributed by atoms with Crippen molar-refractivity contribution in [2.45, 2.75) is 51.3 Å². The van der Waals surface area contributed by atoms with Crippen LogP contribution in [0.15, 0.2) is 18.2 Å². The van der Waals surface area contributed by atoms with Gasteiger partial charge in [0.05, 0.1) is 28.7 Å². The second kappa shape index (κ2) is 7.43. The van der Waals surface area contributed by atoms with Crippen molar-refractivity contribution in [2.24, 2.45) is 0 Å². The van der Waals surface area contributed by atoms with Crippen molar-refractivity contribution in [3.05, 3.63) is 29.3 Å². The van der Waals surface area contributed by atoms with Gasteiger partial charge in [0.15, 0.2) is 18.3 Å². The zero-order chi connectivity index (χ0) is 22.8. The maximum absolute atomic E-state index is 6.78. The highest BCUT2D eigenvalue weighted by molar-refractivity contribution is 6.90. The van der Waals surface area contributed by atoms with Crippen LogP contribution in [0.25, 0.3) is 0 Å². The molecule has 0 spiro atoms. The molecule has 0 radical (unpaired) electrons. The fraction of sp³-hybridized carbons (Fsp3) is 0.500. The first-order valence-electron chi connectivity index (χ1n) is 11.2. The standard InChI is InChI=1S/C24H32O6Si2/c1-25-12-27-17-9-8-14-19-16(11-26-20(14)23(17)31(2,3)4)15-10-18-22(29-13-28-18)24(21(15)30-19)32(5,6)7/h8-10,16,19H,11-13H2,1-7H3/t16-,19-/m0/s1. The molecule has 0 N–H and O–H groups in total. The van der Waals surface area contributed by atoms with Crippen molar-refractivity contribution in [3.8, 4) is 28.7 Å². The third kappa shape index (κ3) is 3.31. The maximum Gasteiger partial charge on any atom is 0.231 e. The van der Waals surface area contributed by atoms with Crippen molar-refractivity contribution in [1.82, 2.24) is 0 Å². The van der Waals surface area contributed by atoms with E-state index in [-0.39, 0.29) is 25.6 Å². The SMILES string of the molecule is COCOc1ccc2c(c1[Si](C)(C)C)OC[C@H]1c3cc4c(c([Si](C)(C)C)c3O[C@@H]21)OCO4. The lowest BCUT2D eigenvalue weighted by atomic mass is 9.89. The zero-order valence-corrected chi connectivity index (χ0v) is 22.0. The monoisotopic (exact) mass is 472 g/mol. The molecule has 0 saturated carbocycles. The quantitative estimate of drug-likeness (QED) is 0.482. The van der Waals surface area contributed by atoms with Crippen LogP contribution in [0.3, 0.4) is 0 Å². The van der Waals surface area contributed by atoms with Crippen LogP contribution in [0.1, 0.15) is 23.1 Å². The molecule has 3 aliphatic heterocycles. The first-order valence-corrected chi connectivity index (χ1v) is 18.2. The Morgan fingerprint density at radius 2 is 1.62 bits per heavy atom. The van der Waals surface area contributed by atoms with Crippen molar-refractivity contribution in [2.75, 3.05) is 27.3 Å². The Hall–Kier alpha value is -2.17. The van der Waals surface area contributed by atoms with Gasteiger partial charge in [0.25, 0.3) is 0 Å². The molecular weight excluding hydrogens is 440 g/mol. The summed E-state index contributed by atoms with van der Waals surface area (Å²) >= 11 is 0. The Kier molecular flexibility index (Phi) is 5.03. The van der Waals surface area contributed by atoms with Crippen LogP contribution >= 0.6 is 0 Å². The fourth-order valence-electron chi connectivity index (χ4n) is 5.04. The van der Waals surface area contributed by atoms with Gasteiger partial charge < -0.3 is 28.4 Å². The maximum atomic E-state index is 6.78. The normalized spacial score (nSPS) is 20.7. The van der Waals surface area contributed by atoms with E-state index in [0.29, 0.717) is 6.61 Å². The van der Waals surface area contributed by atoms with E-state index in [4.69, 9.17) is 28.4 Å². The van der Waals surface area contributed by atoms with Gasteiger partial charge in [0, 0.05) is 28.6 Å². The molecule has 0 saturated heterocycles. The summed E-state index contributed by atoms with van der Waals surface area (Å²) in [4.78, 5) is 0. The van der Waals surface area contributed by atoms with Gasteiger partial charge in [-0.3, -0.25) is 0 Å². The van der Waals surface area contributed by atoms with Crippen LogP contribution in [0.5, 0.6) is 28.7 Å². The molecule has 32 heavy (non-hydrogen) atoms. The van der Waals surface area contributed by atoms with E-state index in [1.807, 2.05) is 0 Å². The van der Waals surface area contributed by atoms with Crippen LogP contribution in [0.2, 0.25) is 39.3 Å². The van der Waals surface area contributed by atoms with Gasteiger partial charge in [-0.2, -0.15) is 0 Å². The minimum Gasteiger partial charge on any atom is -0.492 e. The average Bonchev–Trinajstić information content (AvgIpc) is 3.31.